The van der Waals surface area contributed by atoms with Crippen molar-refractivity contribution in [1.29, 1.82) is 0 Å². The lowest BCUT2D eigenvalue weighted by molar-refractivity contribution is 0.0611. The molecule has 3 N–H and O–H groups in total. The Morgan fingerprint density at radius 1 is 1.41 bits per heavy atom. The van der Waals surface area contributed by atoms with E-state index in [0.29, 0.717) is 12.6 Å². The molecule has 17 heavy (non-hydrogen) atoms. The van der Waals surface area contributed by atoms with Crippen LogP contribution < -0.4 is 11.3 Å². The quantitative estimate of drug-likeness (QED) is 0.556. The zero-order valence-electron chi connectivity index (χ0n) is 11.2. The van der Waals surface area contributed by atoms with Gasteiger partial charge < -0.3 is 4.74 Å². The predicted octanol–water partition coefficient (Wildman–Crippen LogP) is 1.26. The smallest absolute Gasteiger partial charge is 0.0641 e. The molecular weight excluding hydrogens is 216 g/mol. The van der Waals surface area contributed by atoms with E-state index < -0.39 is 0 Å². The molecule has 0 saturated heterocycles. The Balaban J connectivity index is 2.49. The number of rotatable bonds is 7. The Labute approximate surface area is 103 Å². The second-order valence-corrected chi connectivity index (χ2v) is 4.83. The molecular formula is C12H24N4O. The number of nitrogens with two attached hydrogens (primary N) is 1. The maximum atomic E-state index is 5.54. The summed E-state index contributed by atoms with van der Waals surface area (Å²) in [5.74, 6) is 5.51. The van der Waals surface area contributed by atoms with Crippen LogP contribution in [0.3, 0.4) is 0 Å². The molecule has 0 aliphatic rings. The van der Waals surface area contributed by atoms with Crippen LogP contribution in [0.1, 0.15) is 39.4 Å². The number of ether oxygens (including phenoxy) is 1. The molecule has 1 heterocycles. The highest BCUT2D eigenvalue weighted by Gasteiger charge is 2.11. The topological polar surface area (TPSA) is 65.1 Å². The lowest BCUT2D eigenvalue weighted by Gasteiger charge is -2.16. The molecule has 0 fully saturated rings. The molecule has 0 saturated carbocycles. The average Bonchev–Trinajstić information content (AvgIpc) is 2.72. The maximum Gasteiger partial charge on any atom is 0.0641 e. The highest BCUT2D eigenvalue weighted by Crippen LogP contribution is 2.06. The van der Waals surface area contributed by atoms with Crippen molar-refractivity contribution in [3.63, 3.8) is 0 Å². The Morgan fingerprint density at radius 3 is 2.59 bits per heavy atom. The van der Waals surface area contributed by atoms with Crippen LogP contribution in [0.2, 0.25) is 0 Å². The molecule has 0 spiro atoms. The normalized spacial score (nSPS) is 13.6. The standard InChI is InChI=1S/C12H24N4O/c1-9(2)16-6-5-11(15-16)7-12(14-13)8-17-10(3)4/h5-6,9-10,12,14H,7-8,13H2,1-4H3. The second kappa shape index (κ2) is 6.74. The summed E-state index contributed by atoms with van der Waals surface area (Å²) in [7, 11) is 0. The van der Waals surface area contributed by atoms with Crippen LogP contribution in [0.15, 0.2) is 12.3 Å². The number of hydrogen-bond donors (Lipinski definition) is 2. The van der Waals surface area contributed by atoms with Gasteiger partial charge in [-0.2, -0.15) is 5.10 Å². The summed E-state index contributed by atoms with van der Waals surface area (Å²) < 4.78 is 7.49. The molecule has 5 heteroatoms. The first-order chi connectivity index (χ1) is 8.02. The molecule has 0 aliphatic carbocycles. The highest BCUT2D eigenvalue weighted by atomic mass is 16.5. The maximum absolute atomic E-state index is 5.54. The first kappa shape index (κ1) is 14.2. The van der Waals surface area contributed by atoms with E-state index in [1.165, 1.54) is 0 Å². The van der Waals surface area contributed by atoms with Crippen molar-refractivity contribution in [2.75, 3.05) is 6.61 Å². The number of nitrogens with one attached hydrogen (secondary N) is 1. The van der Waals surface area contributed by atoms with Crippen molar-refractivity contribution in [1.82, 2.24) is 15.2 Å². The van der Waals surface area contributed by atoms with Crippen LogP contribution in [-0.2, 0) is 11.2 Å². The van der Waals surface area contributed by atoms with Crippen LogP contribution in [-0.4, -0.2) is 28.5 Å². The van der Waals surface area contributed by atoms with Crippen molar-refractivity contribution < 1.29 is 4.74 Å². The van der Waals surface area contributed by atoms with Gasteiger partial charge in [-0.3, -0.25) is 16.0 Å². The number of hydrogen-bond acceptors (Lipinski definition) is 4. The second-order valence-electron chi connectivity index (χ2n) is 4.83. The first-order valence-electron chi connectivity index (χ1n) is 6.14. The molecule has 1 aromatic rings. The molecule has 1 atom stereocenters. The Bertz CT molecular complexity index is 322. The van der Waals surface area contributed by atoms with E-state index in [-0.39, 0.29) is 12.1 Å². The molecule has 98 valence electrons. The van der Waals surface area contributed by atoms with Crippen LogP contribution in [0.25, 0.3) is 0 Å². The van der Waals surface area contributed by atoms with Gasteiger partial charge in [-0.1, -0.05) is 0 Å². The van der Waals surface area contributed by atoms with E-state index in [9.17, 15) is 0 Å². The van der Waals surface area contributed by atoms with Crippen LogP contribution >= 0.6 is 0 Å². The summed E-state index contributed by atoms with van der Waals surface area (Å²) in [4.78, 5) is 0. The minimum atomic E-state index is 0.105. The summed E-state index contributed by atoms with van der Waals surface area (Å²) in [5, 5.41) is 4.49. The summed E-state index contributed by atoms with van der Waals surface area (Å²) in [5.41, 5.74) is 3.81. The minimum absolute atomic E-state index is 0.105. The zero-order chi connectivity index (χ0) is 12.8. The molecule has 0 aromatic carbocycles. The lowest BCUT2D eigenvalue weighted by Crippen LogP contribution is -2.41. The number of hydrazine groups is 1. The fraction of sp³-hybridized carbons (Fsp3) is 0.750. The van der Waals surface area contributed by atoms with Gasteiger partial charge in [0, 0.05) is 18.7 Å². The van der Waals surface area contributed by atoms with Gasteiger partial charge in [-0.25, -0.2) is 0 Å². The van der Waals surface area contributed by atoms with Gasteiger partial charge in [0.05, 0.1) is 24.4 Å². The van der Waals surface area contributed by atoms with Crippen molar-refractivity contribution in [2.24, 2.45) is 5.84 Å². The third-order valence-electron chi connectivity index (χ3n) is 2.51. The van der Waals surface area contributed by atoms with E-state index in [4.69, 9.17) is 10.6 Å². The van der Waals surface area contributed by atoms with Gasteiger partial charge in [-0.15, -0.1) is 0 Å². The Hall–Kier alpha value is -0.910. The predicted molar refractivity (Wildman–Crippen MR) is 68.5 cm³/mol. The van der Waals surface area contributed by atoms with E-state index >= 15 is 0 Å². The molecule has 0 aliphatic heterocycles. The van der Waals surface area contributed by atoms with Crippen LogP contribution in [0, 0.1) is 0 Å². The van der Waals surface area contributed by atoms with Crippen LogP contribution in [0.5, 0.6) is 0 Å². The molecule has 0 bridgehead atoms. The van der Waals surface area contributed by atoms with Gasteiger partial charge in [0.1, 0.15) is 0 Å². The van der Waals surface area contributed by atoms with Gasteiger partial charge in [0.15, 0.2) is 0 Å². The van der Waals surface area contributed by atoms with E-state index in [0.717, 1.165) is 12.1 Å². The van der Waals surface area contributed by atoms with E-state index in [1.807, 2.05) is 30.8 Å². The van der Waals surface area contributed by atoms with Crippen LogP contribution in [0.4, 0.5) is 0 Å². The summed E-state index contributed by atoms with van der Waals surface area (Å²) in [6.07, 6.45) is 3.00. The number of aromatic nitrogens is 2. The van der Waals surface area contributed by atoms with Crippen molar-refractivity contribution >= 4 is 0 Å². The molecule has 5 nitrogen and oxygen atoms in total. The monoisotopic (exact) mass is 240 g/mol. The largest absolute Gasteiger partial charge is 0.377 e. The Kier molecular flexibility index (Phi) is 5.61. The molecule has 1 unspecified atom stereocenters. The zero-order valence-corrected chi connectivity index (χ0v) is 11.2. The van der Waals surface area contributed by atoms with Gasteiger partial charge in [-0.05, 0) is 33.8 Å². The SMILES string of the molecule is CC(C)OCC(Cc1ccn(C(C)C)n1)NN. The summed E-state index contributed by atoms with van der Waals surface area (Å²) >= 11 is 0. The van der Waals surface area contributed by atoms with Crippen molar-refractivity contribution in [2.45, 2.75) is 52.3 Å². The molecule has 0 amide bonds. The van der Waals surface area contributed by atoms with Gasteiger partial charge in [0.2, 0.25) is 0 Å². The fourth-order valence-corrected chi connectivity index (χ4v) is 1.50. The molecule has 0 radical (unpaired) electrons. The van der Waals surface area contributed by atoms with Gasteiger partial charge >= 0.3 is 0 Å². The van der Waals surface area contributed by atoms with Gasteiger partial charge in [0.25, 0.3) is 0 Å². The number of nitrogens with zero attached hydrogens (tertiary/aromatic N) is 2. The Morgan fingerprint density at radius 2 is 2.12 bits per heavy atom. The van der Waals surface area contributed by atoms with E-state index in [2.05, 4.69) is 24.4 Å². The first-order valence-corrected chi connectivity index (χ1v) is 6.14. The third-order valence-corrected chi connectivity index (χ3v) is 2.51. The lowest BCUT2D eigenvalue weighted by atomic mass is 10.2. The molecule has 1 rings (SSSR count). The third kappa shape index (κ3) is 4.85. The van der Waals surface area contributed by atoms with E-state index in [1.54, 1.807) is 0 Å². The highest BCUT2D eigenvalue weighted by molar-refractivity contribution is 5.02. The fourth-order valence-electron chi connectivity index (χ4n) is 1.50. The molecule has 1 aromatic heterocycles. The van der Waals surface area contributed by atoms with Crippen molar-refractivity contribution in [3.05, 3.63) is 18.0 Å². The summed E-state index contributed by atoms with van der Waals surface area (Å²) in [6, 6.07) is 2.52. The minimum Gasteiger partial charge on any atom is -0.377 e. The van der Waals surface area contributed by atoms with Crippen molar-refractivity contribution in [3.8, 4) is 0 Å². The average molecular weight is 240 g/mol. The summed E-state index contributed by atoms with van der Waals surface area (Å²) in [6.45, 7) is 8.85.